The second-order valence-electron chi connectivity index (χ2n) is 7.36. The maximum Gasteiger partial charge on any atom is 0.133 e. The van der Waals surface area contributed by atoms with Gasteiger partial charge in [0.25, 0.3) is 0 Å². The van der Waals surface area contributed by atoms with E-state index in [1.54, 1.807) is 0 Å². The van der Waals surface area contributed by atoms with E-state index in [1.165, 1.54) is 22.3 Å². The van der Waals surface area contributed by atoms with Crippen LogP contribution in [0.5, 0.6) is 0 Å². The molecule has 0 aromatic rings. The van der Waals surface area contributed by atoms with Crippen LogP contribution in [0, 0.1) is 0 Å². The van der Waals surface area contributed by atoms with Gasteiger partial charge in [-0.2, -0.15) is 0 Å². The maximum atomic E-state index is 11.9. The monoisotopic (exact) mass is 330 g/mol. The highest BCUT2D eigenvalue weighted by Gasteiger charge is 2.00. The Labute approximate surface area is 150 Å². The smallest absolute Gasteiger partial charge is 0.133 e. The number of carbonyl (C=O) groups excluding carboxylic acids is 1. The zero-order valence-corrected chi connectivity index (χ0v) is 16.9. The first-order chi connectivity index (χ1) is 11.3. The standard InChI is InChI=1S/C23H38O/c1-19(2)11-7-13-21(5)15-9-17-23(24)18-10-16-22(6)14-8-12-20(3)4/h11-12,15-16H,7-10,13-14,17-18H2,1-6H3. The highest BCUT2D eigenvalue weighted by molar-refractivity contribution is 5.78. The van der Waals surface area contributed by atoms with Crippen molar-refractivity contribution in [1.82, 2.24) is 0 Å². The summed E-state index contributed by atoms with van der Waals surface area (Å²) in [7, 11) is 0. The van der Waals surface area contributed by atoms with Crippen molar-refractivity contribution in [3.8, 4) is 0 Å². The van der Waals surface area contributed by atoms with Crippen LogP contribution in [0.4, 0.5) is 0 Å². The summed E-state index contributed by atoms with van der Waals surface area (Å²) in [5.74, 6) is 0.386. The van der Waals surface area contributed by atoms with E-state index in [4.69, 9.17) is 0 Å². The second kappa shape index (κ2) is 14.0. The zero-order valence-electron chi connectivity index (χ0n) is 16.9. The minimum atomic E-state index is 0.386. The van der Waals surface area contributed by atoms with Crippen LogP contribution in [0.2, 0.25) is 0 Å². The van der Waals surface area contributed by atoms with Crippen molar-refractivity contribution in [2.45, 2.75) is 92.9 Å². The van der Waals surface area contributed by atoms with Crippen molar-refractivity contribution in [2.24, 2.45) is 0 Å². The van der Waals surface area contributed by atoms with Gasteiger partial charge in [0.05, 0.1) is 0 Å². The van der Waals surface area contributed by atoms with E-state index >= 15 is 0 Å². The molecule has 0 aliphatic rings. The van der Waals surface area contributed by atoms with E-state index in [2.05, 4.69) is 65.8 Å². The lowest BCUT2D eigenvalue weighted by atomic mass is 10.0. The molecule has 0 N–H and O–H groups in total. The van der Waals surface area contributed by atoms with Crippen LogP contribution in [0.15, 0.2) is 46.6 Å². The molecule has 0 fully saturated rings. The summed E-state index contributed by atoms with van der Waals surface area (Å²) in [4.78, 5) is 11.9. The average Bonchev–Trinajstić information content (AvgIpc) is 2.46. The van der Waals surface area contributed by atoms with Crippen LogP contribution in [-0.4, -0.2) is 5.78 Å². The maximum absolute atomic E-state index is 11.9. The van der Waals surface area contributed by atoms with Crippen LogP contribution in [-0.2, 0) is 4.79 Å². The molecular weight excluding hydrogens is 292 g/mol. The molecule has 0 amide bonds. The highest BCUT2D eigenvalue weighted by Crippen LogP contribution is 2.11. The largest absolute Gasteiger partial charge is 0.300 e. The first kappa shape index (κ1) is 22.6. The number of ketones is 1. The summed E-state index contributed by atoms with van der Waals surface area (Å²) in [5, 5.41) is 0. The molecule has 0 aliphatic carbocycles. The topological polar surface area (TPSA) is 17.1 Å². The summed E-state index contributed by atoms with van der Waals surface area (Å²) in [5.41, 5.74) is 5.55. The Morgan fingerprint density at radius 2 is 0.875 bits per heavy atom. The second-order valence-corrected chi connectivity index (χ2v) is 7.36. The van der Waals surface area contributed by atoms with Gasteiger partial charge in [-0.15, -0.1) is 0 Å². The Bertz CT molecular complexity index is 434. The Hall–Kier alpha value is -1.37. The molecular formula is C23H38O. The summed E-state index contributed by atoms with van der Waals surface area (Å²) in [6.07, 6.45) is 16.6. The SMILES string of the molecule is CC(C)=CCCC(C)=CCCC(=O)CCC=C(C)CCC=C(C)C. The van der Waals surface area contributed by atoms with Gasteiger partial charge in [0.15, 0.2) is 0 Å². The Balaban J connectivity index is 3.90. The third kappa shape index (κ3) is 15.5. The van der Waals surface area contributed by atoms with Crippen molar-refractivity contribution in [3.05, 3.63) is 46.6 Å². The molecule has 136 valence electrons. The minimum absolute atomic E-state index is 0.386. The van der Waals surface area contributed by atoms with Crippen LogP contribution >= 0.6 is 0 Å². The lowest BCUT2D eigenvalue weighted by molar-refractivity contribution is -0.118. The van der Waals surface area contributed by atoms with E-state index < -0.39 is 0 Å². The molecule has 0 heterocycles. The quantitative estimate of drug-likeness (QED) is 0.338. The molecule has 0 saturated carbocycles. The van der Waals surface area contributed by atoms with Gasteiger partial charge < -0.3 is 0 Å². The zero-order chi connectivity index (χ0) is 18.4. The summed E-state index contributed by atoms with van der Waals surface area (Å²) in [6.45, 7) is 12.9. The van der Waals surface area contributed by atoms with Gasteiger partial charge in [-0.05, 0) is 80.1 Å². The van der Waals surface area contributed by atoms with Crippen LogP contribution in [0.1, 0.15) is 92.9 Å². The van der Waals surface area contributed by atoms with E-state index in [0.29, 0.717) is 18.6 Å². The number of rotatable bonds is 12. The molecule has 0 unspecified atom stereocenters. The van der Waals surface area contributed by atoms with Crippen molar-refractivity contribution >= 4 is 5.78 Å². The average molecular weight is 331 g/mol. The van der Waals surface area contributed by atoms with Gasteiger partial charge >= 0.3 is 0 Å². The molecule has 0 aromatic heterocycles. The molecule has 1 nitrogen and oxygen atoms in total. The summed E-state index contributed by atoms with van der Waals surface area (Å²) < 4.78 is 0. The Morgan fingerprint density at radius 3 is 1.21 bits per heavy atom. The van der Waals surface area contributed by atoms with Gasteiger partial charge in [-0.25, -0.2) is 0 Å². The number of hydrogen-bond acceptors (Lipinski definition) is 1. The number of allylic oxidation sites excluding steroid dienone is 8. The van der Waals surface area contributed by atoms with Crippen molar-refractivity contribution < 1.29 is 4.79 Å². The van der Waals surface area contributed by atoms with Gasteiger partial charge in [0.2, 0.25) is 0 Å². The lowest BCUT2D eigenvalue weighted by Gasteiger charge is -2.01. The van der Waals surface area contributed by atoms with Gasteiger partial charge in [-0.1, -0.05) is 46.6 Å². The van der Waals surface area contributed by atoms with Gasteiger partial charge in [0.1, 0.15) is 5.78 Å². The fourth-order valence-electron chi connectivity index (χ4n) is 2.47. The molecule has 0 atom stereocenters. The molecule has 0 saturated heterocycles. The number of hydrogen-bond donors (Lipinski definition) is 0. The Kier molecular flexibility index (Phi) is 13.2. The van der Waals surface area contributed by atoms with E-state index in [1.807, 2.05) is 0 Å². The van der Waals surface area contributed by atoms with Gasteiger partial charge in [0, 0.05) is 12.8 Å². The van der Waals surface area contributed by atoms with Crippen molar-refractivity contribution in [2.75, 3.05) is 0 Å². The van der Waals surface area contributed by atoms with E-state index in [9.17, 15) is 4.79 Å². The molecule has 0 radical (unpaired) electrons. The predicted octanol–water partition coefficient (Wildman–Crippen LogP) is 7.50. The summed E-state index contributed by atoms with van der Waals surface area (Å²) >= 11 is 0. The lowest BCUT2D eigenvalue weighted by Crippen LogP contribution is -1.96. The molecule has 24 heavy (non-hydrogen) atoms. The summed E-state index contributed by atoms with van der Waals surface area (Å²) in [6, 6.07) is 0. The minimum Gasteiger partial charge on any atom is -0.300 e. The fraction of sp³-hybridized carbons (Fsp3) is 0.609. The Morgan fingerprint density at radius 1 is 0.542 bits per heavy atom. The van der Waals surface area contributed by atoms with Gasteiger partial charge in [-0.3, -0.25) is 4.79 Å². The fourth-order valence-corrected chi connectivity index (χ4v) is 2.47. The van der Waals surface area contributed by atoms with Crippen LogP contribution < -0.4 is 0 Å². The highest BCUT2D eigenvalue weighted by atomic mass is 16.1. The third-order valence-corrected chi connectivity index (χ3v) is 4.01. The molecule has 0 rings (SSSR count). The third-order valence-electron chi connectivity index (χ3n) is 4.01. The molecule has 1 heteroatoms. The van der Waals surface area contributed by atoms with Crippen LogP contribution in [0.3, 0.4) is 0 Å². The van der Waals surface area contributed by atoms with Crippen molar-refractivity contribution in [3.63, 3.8) is 0 Å². The van der Waals surface area contributed by atoms with E-state index in [0.717, 1.165) is 38.5 Å². The predicted molar refractivity (Wildman–Crippen MR) is 108 cm³/mol. The number of carbonyl (C=O) groups is 1. The molecule has 0 spiro atoms. The number of Topliss-reactive ketones (excluding diaryl/α,β-unsaturated/α-hetero) is 1. The van der Waals surface area contributed by atoms with E-state index in [-0.39, 0.29) is 0 Å². The normalized spacial score (nSPS) is 12.1. The molecule has 0 bridgehead atoms. The van der Waals surface area contributed by atoms with Crippen LogP contribution in [0.25, 0.3) is 0 Å². The first-order valence-electron chi connectivity index (χ1n) is 9.41. The first-order valence-corrected chi connectivity index (χ1v) is 9.41. The molecule has 0 aliphatic heterocycles. The van der Waals surface area contributed by atoms with Crippen molar-refractivity contribution in [1.29, 1.82) is 0 Å². The molecule has 0 aromatic carbocycles.